The van der Waals surface area contributed by atoms with Gasteiger partial charge in [0, 0.05) is 7.05 Å². The Kier molecular flexibility index (Phi) is 2.76. The fourth-order valence-electron chi connectivity index (χ4n) is 0.850. The number of carbonyl (C=O) groups excluding carboxylic acids is 1. The molecule has 0 bridgehead atoms. The zero-order valence-corrected chi connectivity index (χ0v) is 7.35. The van der Waals surface area contributed by atoms with Crippen LogP contribution in [-0.4, -0.2) is 20.8 Å². The molecule has 4 heteroatoms. The Hall–Kier alpha value is -0.955. The number of halogens is 1. The molecule has 1 aromatic carbocycles. The topological polar surface area (TPSA) is 29.1 Å². The van der Waals surface area contributed by atoms with Crippen LogP contribution in [0.2, 0.25) is 5.02 Å². The molecule has 60 valence electrons. The van der Waals surface area contributed by atoms with Gasteiger partial charge in [0.05, 0.1) is 10.6 Å². The lowest BCUT2D eigenvalue weighted by molar-refractivity contribution is 0.0963. The van der Waals surface area contributed by atoms with Crippen LogP contribution in [0.15, 0.2) is 18.2 Å². The van der Waals surface area contributed by atoms with Crippen molar-refractivity contribution in [1.82, 2.24) is 5.32 Å². The summed E-state index contributed by atoms with van der Waals surface area (Å²) in [5, 5.41) is 2.85. The second-order valence-corrected chi connectivity index (χ2v) is 2.73. The highest BCUT2D eigenvalue weighted by Gasteiger charge is 2.06. The maximum absolute atomic E-state index is 11.1. The number of nitrogens with one attached hydrogen (secondary N) is 1. The summed E-state index contributed by atoms with van der Waals surface area (Å²) in [4.78, 5) is 11.1. The fraction of sp³-hybridized carbons (Fsp3) is 0.125. The Bertz CT molecular complexity index is 314. The van der Waals surface area contributed by atoms with E-state index in [0.717, 1.165) is 0 Å². The van der Waals surface area contributed by atoms with E-state index in [1.54, 1.807) is 25.2 Å². The van der Waals surface area contributed by atoms with Gasteiger partial charge in [0.25, 0.3) is 5.91 Å². The molecule has 2 nitrogen and oxygen atoms in total. The van der Waals surface area contributed by atoms with Crippen molar-refractivity contribution in [1.29, 1.82) is 0 Å². The molecule has 1 N–H and O–H groups in total. The number of rotatable bonds is 1. The zero-order valence-electron chi connectivity index (χ0n) is 6.60. The van der Waals surface area contributed by atoms with Crippen molar-refractivity contribution >= 4 is 30.8 Å². The maximum atomic E-state index is 11.1. The number of amides is 1. The molecule has 2 radical (unpaired) electrons. The third-order valence-electron chi connectivity index (χ3n) is 1.46. The standard InChI is InChI=1S/C8H7BClNO/c1-11-8(12)6-3-2-5(9)4-7(6)10/h2-4H,1H3,(H,11,12). The van der Waals surface area contributed by atoms with Gasteiger partial charge in [-0.3, -0.25) is 4.79 Å². The smallest absolute Gasteiger partial charge is 0.252 e. The fourth-order valence-corrected chi connectivity index (χ4v) is 1.12. The van der Waals surface area contributed by atoms with E-state index in [1.165, 1.54) is 0 Å². The molecule has 0 atom stereocenters. The van der Waals surface area contributed by atoms with Gasteiger partial charge in [0.2, 0.25) is 0 Å². The first-order chi connectivity index (χ1) is 5.65. The molecule has 1 amide bonds. The molecule has 0 aliphatic rings. The summed E-state index contributed by atoms with van der Waals surface area (Å²) >= 11 is 5.76. The minimum absolute atomic E-state index is 0.208. The molecule has 0 aliphatic heterocycles. The van der Waals surface area contributed by atoms with Gasteiger partial charge in [-0.2, -0.15) is 0 Å². The third kappa shape index (κ3) is 1.80. The molecule has 0 heterocycles. The monoisotopic (exact) mass is 179 g/mol. The Morgan fingerprint density at radius 1 is 1.58 bits per heavy atom. The Balaban J connectivity index is 3.09. The van der Waals surface area contributed by atoms with Crippen LogP contribution in [-0.2, 0) is 0 Å². The summed E-state index contributed by atoms with van der Waals surface area (Å²) in [7, 11) is 7.00. The largest absolute Gasteiger partial charge is 0.355 e. The van der Waals surface area contributed by atoms with Gasteiger partial charge in [-0.15, -0.1) is 0 Å². The van der Waals surface area contributed by atoms with Crippen LogP contribution >= 0.6 is 11.6 Å². The summed E-state index contributed by atoms with van der Waals surface area (Å²) in [5.41, 5.74) is 0.987. The van der Waals surface area contributed by atoms with Crippen molar-refractivity contribution in [3.63, 3.8) is 0 Å². The Morgan fingerprint density at radius 2 is 2.25 bits per heavy atom. The van der Waals surface area contributed by atoms with Crippen molar-refractivity contribution < 1.29 is 4.79 Å². The lowest BCUT2D eigenvalue weighted by Crippen LogP contribution is -2.19. The first-order valence-electron chi connectivity index (χ1n) is 3.42. The highest BCUT2D eigenvalue weighted by Crippen LogP contribution is 2.12. The normalized spacial score (nSPS) is 9.50. The molecular weight excluding hydrogens is 172 g/mol. The summed E-state index contributed by atoms with van der Waals surface area (Å²) in [5.74, 6) is -0.208. The number of hydrogen-bond acceptors (Lipinski definition) is 1. The van der Waals surface area contributed by atoms with Gasteiger partial charge in [-0.1, -0.05) is 23.1 Å². The van der Waals surface area contributed by atoms with Crippen molar-refractivity contribution in [2.24, 2.45) is 0 Å². The van der Waals surface area contributed by atoms with Crippen molar-refractivity contribution in [2.45, 2.75) is 0 Å². The molecule has 0 aromatic heterocycles. The van der Waals surface area contributed by atoms with E-state index in [-0.39, 0.29) is 5.91 Å². The van der Waals surface area contributed by atoms with E-state index in [9.17, 15) is 4.79 Å². The molecule has 1 aromatic rings. The van der Waals surface area contributed by atoms with Crippen LogP contribution in [0.25, 0.3) is 0 Å². The highest BCUT2D eigenvalue weighted by molar-refractivity contribution is 6.38. The van der Waals surface area contributed by atoms with Gasteiger partial charge in [0.1, 0.15) is 7.85 Å². The SMILES string of the molecule is [B]c1ccc(C(=O)NC)c(Cl)c1. The minimum Gasteiger partial charge on any atom is -0.355 e. The summed E-state index contributed by atoms with van der Waals surface area (Å²) < 4.78 is 0. The van der Waals surface area contributed by atoms with Crippen LogP contribution in [0.1, 0.15) is 10.4 Å². The maximum Gasteiger partial charge on any atom is 0.252 e. The van der Waals surface area contributed by atoms with Gasteiger partial charge < -0.3 is 5.32 Å². The molecule has 0 saturated heterocycles. The number of hydrogen-bond donors (Lipinski definition) is 1. The third-order valence-corrected chi connectivity index (χ3v) is 1.78. The van der Waals surface area contributed by atoms with E-state index in [4.69, 9.17) is 19.4 Å². The minimum atomic E-state index is -0.208. The molecule has 1 rings (SSSR count). The van der Waals surface area contributed by atoms with Crippen molar-refractivity contribution in [3.05, 3.63) is 28.8 Å². The first-order valence-corrected chi connectivity index (χ1v) is 3.80. The van der Waals surface area contributed by atoms with Crippen molar-refractivity contribution in [3.8, 4) is 0 Å². The van der Waals surface area contributed by atoms with Gasteiger partial charge in [-0.25, -0.2) is 0 Å². The van der Waals surface area contributed by atoms with Crippen LogP contribution in [0.5, 0.6) is 0 Å². The summed E-state index contributed by atoms with van der Waals surface area (Å²) in [6, 6.07) is 4.78. The van der Waals surface area contributed by atoms with E-state index in [0.29, 0.717) is 16.0 Å². The van der Waals surface area contributed by atoms with Crippen LogP contribution in [0, 0.1) is 0 Å². The predicted octanol–water partition coefficient (Wildman–Crippen LogP) is 0.493. The van der Waals surface area contributed by atoms with Gasteiger partial charge in [0.15, 0.2) is 0 Å². The van der Waals surface area contributed by atoms with E-state index in [1.807, 2.05) is 0 Å². The Morgan fingerprint density at radius 3 is 2.75 bits per heavy atom. The number of carbonyl (C=O) groups is 1. The Labute approximate surface area is 77.3 Å². The van der Waals surface area contributed by atoms with Gasteiger partial charge >= 0.3 is 0 Å². The zero-order chi connectivity index (χ0) is 9.14. The first kappa shape index (κ1) is 9.14. The second kappa shape index (κ2) is 3.63. The lowest BCUT2D eigenvalue weighted by Gasteiger charge is -2.02. The summed E-state index contributed by atoms with van der Waals surface area (Å²) in [6.07, 6.45) is 0. The van der Waals surface area contributed by atoms with Crippen molar-refractivity contribution in [2.75, 3.05) is 7.05 Å². The number of benzene rings is 1. The molecular formula is C8H7BClNO. The average Bonchev–Trinajstić information content (AvgIpc) is 2.03. The molecule has 12 heavy (non-hydrogen) atoms. The van der Waals surface area contributed by atoms with E-state index in [2.05, 4.69) is 5.32 Å². The van der Waals surface area contributed by atoms with Crippen LogP contribution < -0.4 is 10.8 Å². The van der Waals surface area contributed by atoms with E-state index >= 15 is 0 Å². The molecule has 0 fully saturated rings. The lowest BCUT2D eigenvalue weighted by atomic mass is 9.95. The van der Waals surface area contributed by atoms with E-state index < -0.39 is 0 Å². The van der Waals surface area contributed by atoms with Crippen LogP contribution in [0.4, 0.5) is 0 Å². The molecule has 0 spiro atoms. The van der Waals surface area contributed by atoms with Crippen LogP contribution in [0.3, 0.4) is 0 Å². The quantitative estimate of drug-likeness (QED) is 0.625. The molecule has 0 saturated carbocycles. The molecule has 0 unspecified atom stereocenters. The predicted molar refractivity (Wildman–Crippen MR) is 50.2 cm³/mol. The average molecular weight is 179 g/mol. The summed E-state index contributed by atoms with van der Waals surface area (Å²) in [6.45, 7) is 0. The van der Waals surface area contributed by atoms with Gasteiger partial charge in [-0.05, 0) is 12.1 Å². The molecule has 0 aliphatic carbocycles. The highest BCUT2D eigenvalue weighted by atomic mass is 35.5. The second-order valence-electron chi connectivity index (χ2n) is 2.32.